The van der Waals surface area contributed by atoms with E-state index in [-0.39, 0.29) is 11.4 Å². The van der Waals surface area contributed by atoms with Crippen LogP contribution in [0.3, 0.4) is 0 Å². The number of β-lactam (4-membered cyclic amide) rings is 1. The molecule has 1 saturated heterocycles. The third-order valence-corrected chi connectivity index (χ3v) is 7.68. The molecule has 3 atom stereocenters. The number of hydrogen-bond acceptors (Lipinski definition) is 9. The number of thioether (sulfide) groups is 2. The van der Waals surface area contributed by atoms with E-state index < -0.39 is 35.2 Å². The van der Waals surface area contributed by atoms with Crippen molar-refractivity contribution in [2.24, 2.45) is 10.7 Å². The van der Waals surface area contributed by atoms with Gasteiger partial charge in [0.15, 0.2) is 0 Å². The van der Waals surface area contributed by atoms with Gasteiger partial charge in [0, 0.05) is 17.2 Å². The number of nitrogens with one attached hydrogen (secondary N) is 2. The van der Waals surface area contributed by atoms with Gasteiger partial charge in [-0.1, -0.05) is 23.9 Å². The highest BCUT2D eigenvalue weighted by Gasteiger charge is 2.54. The van der Waals surface area contributed by atoms with Gasteiger partial charge in [0.05, 0.1) is 12.9 Å². The number of carbonyl (C=O) groups excluding carboxylic acids is 2. The Labute approximate surface area is 192 Å². The molecule has 3 aliphatic heterocycles. The van der Waals surface area contributed by atoms with Crippen molar-refractivity contribution in [2.75, 3.05) is 18.8 Å². The van der Waals surface area contributed by atoms with Gasteiger partial charge < -0.3 is 26.6 Å². The van der Waals surface area contributed by atoms with E-state index >= 15 is 0 Å². The monoisotopic (exact) mass is 475 g/mol. The van der Waals surface area contributed by atoms with Crippen LogP contribution in [0.1, 0.15) is 11.6 Å². The number of amides is 2. The van der Waals surface area contributed by atoms with Crippen molar-refractivity contribution in [1.82, 2.24) is 15.5 Å². The SMILES string of the molecule is N[C@@H](C(=O)NC1C(=O)N2C(C(=O)O)=C(SC=C3CN=CNC3)CS[C@H]12)c1ccc(O)cc1. The number of carboxylic acid groups (broad SMARTS) is 1. The molecule has 2 amide bonds. The lowest BCUT2D eigenvalue weighted by atomic mass is 10.0. The summed E-state index contributed by atoms with van der Waals surface area (Å²) in [5.74, 6) is -1.77. The number of aliphatic imine (C=N–C) groups is 1. The molecule has 1 fully saturated rings. The van der Waals surface area contributed by atoms with Gasteiger partial charge in [-0.25, -0.2) is 4.79 Å². The second-order valence-electron chi connectivity index (χ2n) is 7.29. The molecular formula is C20H21N5O5S2. The normalized spacial score (nSPS) is 24.5. The van der Waals surface area contributed by atoms with Crippen molar-refractivity contribution >= 4 is 47.6 Å². The predicted octanol–water partition coefficient (Wildman–Crippen LogP) is 0.337. The molecule has 10 nitrogen and oxygen atoms in total. The molecule has 0 aromatic heterocycles. The maximum atomic E-state index is 12.8. The fraction of sp³-hybridized carbons (Fsp3) is 0.300. The first-order chi connectivity index (χ1) is 15.4. The lowest BCUT2D eigenvalue weighted by Gasteiger charge is -2.49. The first-order valence-corrected chi connectivity index (χ1v) is 11.6. The van der Waals surface area contributed by atoms with Crippen LogP contribution >= 0.6 is 23.5 Å². The van der Waals surface area contributed by atoms with Crippen LogP contribution in [-0.4, -0.2) is 69.5 Å². The molecule has 0 radical (unpaired) electrons. The minimum atomic E-state index is -1.19. The number of nitrogens with two attached hydrogens (primary N) is 1. The van der Waals surface area contributed by atoms with Crippen molar-refractivity contribution in [3.63, 3.8) is 0 Å². The Kier molecular flexibility index (Phi) is 6.44. The van der Waals surface area contributed by atoms with Crippen LogP contribution in [0.4, 0.5) is 0 Å². The number of carboxylic acids is 1. The minimum Gasteiger partial charge on any atom is -0.508 e. The molecule has 0 spiro atoms. The highest BCUT2D eigenvalue weighted by molar-refractivity contribution is 8.08. The highest BCUT2D eigenvalue weighted by Crippen LogP contribution is 2.44. The molecule has 0 aliphatic carbocycles. The van der Waals surface area contributed by atoms with Gasteiger partial charge in [-0.05, 0) is 28.7 Å². The summed E-state index contributed by atoms with van der Waals surface area (Å²) in [6.45, 7) is 1.18. The second kappa shape index (κ2) is 9.27. The zero-order valence-corrected chi connectivity index (χ0v) is 18.4. The summed E-state index contributed by atoms with van der Waals surface area (Å²) >= 11 is 2.67. The summed E-state index contributed by atoms with van der Waals surface area (Å²) < 4.78 is 0. The topological polar surface area (TPSA) is 157 Å². The number of nitrogens with zero attached hydrogens (tertiary/aromatic N) is 2. The Balaban J connectivity index is 1.45. The van der Waals surface area contributed by atoms with Crippen molar-refractivity contribution in [3.8, 4) is 5.75 Å². The van der Waals surface area contributed by atoms with Gasteiger partial charge in [-0.3, -0.25) is 19.5 Å². The van der Waals surface area contributed by atoms with E-state index in [0.29, 0.717) is 29.3 Å². The van der Waals surface area contributed by atoms with Crippen LogP contribution in [-0.2, 0) is 14.4 Å². The van der Waals surface area contributed by atoms with E-state index in [0.717, 1.165) is 5.57 Å². The van der Waals surface area contributed by atoms with Gasteiger partial charge >= 0.3 is 5.97 Å². The van der Waals surface area contributed by atoms with Gasteiger partial charge in [0.2, 0.25) is 5.91 Å². The Bertz CT molecular complexity index is 1040. The second-order valence-corrected chi connectivity index (χ2v) is 9.36. The molecule has 1 aromatic rings. The minimum absolute atomic E-state index is 0.0505. The van der Waals surface area contributed by atoms with Gasteiger partial charge in [0.1, 0.15) is 28.9 Å². The molecule has 12 heteroatoms. The quantitative estimate of drug-likeness (QED) is 0.366. The van der Waals surface area contributed by atoms with Crippen LogP contribution in [0.15, 0.2) is 50.8 Å². The largest absolute Gasteiger partial charge is 0.508 e. The fourth-order valence-corrected chi connectivity index (χ4v) is 5.89. The molecule has 3 aliphatic rings. The van der Waals surface area contributed by atoms with Crippen LogP contribution in [0.5, 0.6) is 5.75 Å². The molecule has 1 unspecified atom stereocenters. The summed E-state index contributed by atoms with van der Waals surface area (Å²) in [6.07, 6.45) is 1.63. The third kappa shape index (κ3) is 4.33. The van der Waals surface area contributed by atoms with Gasteiger partial charge in [-0.15, -0.1) is 11.8 Å². The fourth-order valence-electron chi connectivity index (χ4n) is 3.45. The van der Waals surface area contributed by atoms with E-state index in [1.165, 1.54) is 52.7 Å². The first kappa shape index (κ1) is 22.2. The standard InChI is InChI=1S/C20H21N5O5S2/c21-14(11-1-3-12(26)4-2-11)17(27)24-15-18(28)25-16(20(29)30)13(8-32-19(15)25)31-7-10-5-22-9-23-6-10/h1-4,7,9,14-15,19,26H,5-6,8,21H2,(H,22,23)(H,24,27)(H,29,30)/t14-,15?,19-/m1/s1. The summed E-state index contributed by atoms with van der Waals surface area (Å²) in [7, 11) is 0. The summed E-state index contributed by atoms with van der Waals surface area (Å²) in [4.78, 5) is 43.2. The highest BCUT2D eigenvalue weighted by atomic mass is 32.2. The first-order valence-electron chi connectivity index (χ1n) is 9.69. The predicted molar refractivity (Wildman–Crippen MR) is 122 cm³/mol. The molecule has 32 heavy (non-hydrogen) atoms. The van der Waals surface area contributed by atoms with Gasteiger partial charge in [-0.2, -0.15) is 0 Å². The Morgan fingerprint density at radius 1 is 1.38 bits per heavy atom. The van der Waals surface area contributed by atoms with E-state index in [1.807, 2.05) is 5.41 Å². The Hall–Kier alpha value is -2.96. The smallest absolute Gasteiger partial charge is 0.353 e. The summed E-state index contributed by atoms with van der Waals surface area (Å²) in [5, 5.41) is 26.1. The molecule has 0 bridgehead atoms. The number of aromatic hydroxyl groups is 1. The number of hydrogen-bond donors (Lipinski definition) is 5. The zero-order chi connectivity index (χ0) is 22.8. The molecular weight excluding hydrogens is 454 g/mol. The molecule has 1 aromatic carbocycles. The molecule has 3 heterocycles. The Morgan fingerprint density at radius 2 is 2.12 bits per heavy atom. The third-order valence-electron chi connectivity index (χ3n) is 5.14. The van der Waals surface area contributed by atoms with Crippen molar-refractivity contribution in [3.05, 3.63) is 51.4 Å². The van der Waals surface area contributed by atoms with Crippen LogP contribution in [0.25, 0.3) is 0 Å². The van der Waals surface area contributed by atoms with E-state index in [4.69, 9.17) is 5.73 Å². The number of rotatable bonds is 6. The van der Waals surface area contributed by atoms with E-state index in [2.05, 4.69) is 15.6 Å². The van der Waals surface area contributed by atoms with Gasteiger partial charge in [0.25, 0.3) is 5.91 Å². The lowest BCUT2D eigenvalue weighted by Crippen LogP contribution is -2.71. The van der Waals surface area contributed by atoms with Crippen LogP contribution in [0, 0.1) is 0 Å². The van der Waals surface area contributed by atoms with Crippen molar-refractivity contribution in [2.45, 2.75) is 17.5 Å². The molecule has 0 saturated carbocycles. The molecule has 168 valence electrons. The lowest BCUT2D eigenvalue weighted by molar-refractivity contribution is -0.150. The van der Waals surface area contributed by atoms with Crippen LogP contribution < -0.4 is 16.4 Å². The number of phenols is 1. The van der Waals surface area contributed by atoms with E-state index in [1.54, 1.807) is 6.34 Å². The number of fused-ring (bicyclic) bond motifs is 1. The average Bonchev–Trinajstić information content (AvgIpc) is 2.80. The van der Waals surface area contributed by atoms with Crippen molar-refractivity contribution in [1.29, 1.82) is 0 Å². The maximum absolute atomic E-state index is 12.8. The summed E-state index contributed by atoms with van der Waals surface area (Å²) in [5.41, 5.74) is 7.43. The maximum Gasteiger partial charge on any atom is 0.353 e. The molecule has 6 N–H and O–H groups in total. The van der Waals surface area contributed by atoms with E-state index in [9.17, 15) is 24.6 Å². The number of benzene rings is 1. The van der Waals surface area contributed by atoms with Crippen LogP contribution in [0.2, 0.25) is 0 Å². The number of phenolic OH excluding ortho intramolecular Hbond substituents is 1. The zero-order valence-electron chi connectivity index (χ0n) is 16.7. The number of carbonyl (C=O) groups is 3. The Morgan fingerprint density at radius 3 is 2.78 bits per heavy atom. The summed E-state index contributed by atoms with van der Waals surface area (Å²) in [6, 6.07) is 4.02. The average molecular weight is 476 g/mol. The molecule has 4 rings (SSSR count). The van der Waals surface area contributed by atoms with Crippen molar-refractivity contribution < 1.29 is 24.6 Å². The number of aliphatic carboxylic acids is 1.